The SMILES string of the molecule is CCC(CCO)CNC(=O)c1cc(C)nc(Cl)n1. The van der Waals surface area contributed by atoms with Gasteiger partial charge >= 0.3 is 0 Å². The maximum atomic E-state index is 11.9. The first-order valence-corrected chi connectivity index (χ1v) is 6.34. The highest BCUT2D eigenvalue weighted by Crippen LogP contribution is 2.08. The molecule has 1 rings (SSSR count). The van der Waals surface area contributed by atoms with E-state index in [0.717, 1.165) is 6.42 Å². The minimum atomic E-state index is -0.265. The van der Waals surface area contributed by atoms with Crippen LogP contribution in [0, 0.1) is 12.8 Å². The second-order valence-electron chi connectivity index (χ2n) is 4.16. The van der Waals surface area contributed by atoms with E-state index in [0.29, 0.717) is 18.7 Å². The number of rotatable bonds is 6. The Bertz CT molecular complexity index is 392. The van der Waals surface area contributed by atoms with Gasteiger partial charge in [-0.2, -0.15) is 0 Å². The van der Waals surface area contributed by atoms with Crippen LogP contribution < -0.4 is 5.32 Å². The highest BCUT2D eigenvalue weighted by atomic mass is 35.5. The molecule has 2 N–H and O–H groups in total. The average Bonchev–Trinajstić information content (AvgIpc) is 2.32. The van der Waals surface area contributed by atoms with Crippen LogP contribution in [0.2, 0.25) is 5.28 Å². The van der Waals surface area contributed by atoms with Crippen molar-refractivity contribution in [2.75, 3.05) is 13.2 Å². The number of aryl methyl sites for hydroxylation is 1. The van der Waals surface area contributed by atoms with Crippen LogP contribution in [0.15, 0.2) is 6.07 Å². The normalized spacial score (nSPS) is 12.2. The van der Waals surface area contributed by atoms with Gasteiger partial charge in [-0.15, -0.1) is 0 Å². The Morgan fingerprint density at radius 1 is 1.56 bits per heavy atom. The van der Waals surface area contributed by atoms with Crippen molar-refractivity contribution in [3.63, 3.8) is 0 Å². The number of aliphatic hydroxyl groups is 1. The highest BCUT2D eigenvalue weighted by Gasteiger charge is 2.12. The predicted molar refractivity (Wildman–Crippen MR) is 69.6 cm³/mol. The molecule has 0 radical (unpaired) electrons. The van der Waals surface area contributed by atoms with Crippen LogP contribution in [-0.4, -0.2) is 34.1 Å². The van der Waals surface area contributed by atoms with Gasteiger partial charge in [-0.3, -0.25) is 4.79 Å². The molecule has 100 valence electrons. The number of amides is 1. The van der Waals surface area contributed by atoms with Crippen molar-refractivity contribution in [3.05, 3.63) is 22.7 Å². The lowest BCUT2D eigenvalue weighted by Gasteiger charge is -2.14. The summed E-state index contributed by atoms with van der Waals surface area (Å²) in [6.45, 7) is 4.44. The molecule has 0 aromatic carbocycles. The molecular formula is C12H18ClN3O2. The summed E-state index contributed by atoms with van der Waals surface area (Å²) >= 11 is 5.70. The summed E-state index contributed by atoms with van der Waals surface area (Å²) in [5.74, 6) is 0.0103. The number of hydrogen-bond donors (Lipinski definition) is 2. The second kappa shape index (κ2) is 7.28. The van der Waals surface area contributed by atoms with E-state index in [1.54, 1.807) is 13.0 Å². The standard InChI is InChI=1S/C12H18ClN3O2/c1-3-9(4-5-17)7-14-11(18)10-6-8(2)15-12(13)16-10/h6,9,17H,3-5,7H2,1-2H3,(H,14,18). The topological polar surface area (TPSA) is 75.1 Å². The summed E-state index contributed by atoms with van der Waals surface area (Å²) in [5.41, 5.74) is 0.925. The zero-order valence-corrected chi connectivity index (χ0v) is 11.4. The van der Waals surface area contributed by atoms with Gasteiger partial charge in [0.05, 0.1) is 0 Å². The maximum absolute atomic E-state index is 11.9. The van der Waals surface area contributed by atoms with Gasteiger partial charge in [0.1, 0.15) is 5.69 Å². The van der Waals surface area contributed by atoms with E-state index in [9.17, 15) is 4.79 Å². The molecule has 1 atom stereocenters. The Morgan fingerprint density at radius 2 is 2.28 bits per heavy atom. The first kappa shape index (κ1) is 14.9. The first-order valence-electron chi connectivity index (χ1n) is 5.97. The Balaban J connectivity index is 2.59. The van der Waals surface area contributed by atoms with E-state index in [4.69, 9.17) is 16.7 Å². The molecule has 1 aromatic heterocycles. The van der Waals surface area contributed by atoms with Crippen LogP contribution in [0.1, 0.15) is 35.9 Å². The molecule has 1 aromatic rings. The van der Waals surface area contributed by atoms with Crippen molar-refractivity contribution >= 4 is 17.5 Å². The summed E-state index contributed by atoms with van der Waals surface area (Å²) in [6, 6.07) is 1.59. The number of hydrogen-bond acceptors (Lipinski definition) is 4. The third kappa shape index (κ3) is 4.58. The van der Waals surface area contributed by atoms with Crippen molar-refractivity contribution in [2.24, 2.45) is 5.92 Å². The van der Waals surface area contributed by atoms with Crippen LogP contribution in [0.5, 0.6) is 0 Å². The van der Waals surface area contributed by atoms with Crippen molar-refractivity contribution in [1.29, 1.82) is 0 Å². The zero-order chi connectivity index (χ0) is 13.5. The van der Waals surface area contributed by atoms with Crippen LogP contribution >= 0.6 is 11.6 Å². The van der Waals surface area contributed by atoms with Gasteiger partial charge in [0, 0.05) is 18.8 Å². The summed E-state index contributed by atoms with van der Waals surface area (Å²) in [7, 11) is 0. The van der Waals surface area contributed by atoms with E-state index in [1.807, 2.05) is 6.92 Å². The Hall–Kier alpha value is -1.20. The predicted octanol–water partition coefficient (Wildman–Crippen LogP) is 1.58. The molecule has 0 bridgehead atoms. The average molecular weight is 272 g/mol. The van der Waals surface area contributed by atoms with E-state index in [-0.39, 0.29) is 29.4 Å². The molecule has 1 heterocycles. The lowest BCUT2D eigenvalue weighted by Crippen LogP contribution is -2.30. The van der Waals surface area contributed by atoms with Crippen LogP contribution in [0.4, 0.5) is 0 Å². The maximum Gasteiger partial charge on any atom is 0.270 e. The molecule has 0 aliphatic rings. The summed E-state index contributed by atoms with van der Waals surface area (Å²) < 4.78 is 0. The number of halogens is 1. The zero-order valence-electron chi connectivity index (χ0n) is 10.6. The molecule has 1 unspecified atom stereocenters. The van der Waals surface area contributed by atoms with Gasteiger partial charge in [0.15, 0.2) is 0 Å². The Morgan fingerprint density at radius 3 is 2.83 bits per heavy atom. The van der Waals surface area contributed by atoms with Crippen LogP contribution in [-0.2, 0) is 0 Å². The Labute approximate surface area is 112 Å². The van der Waals surface area contributed by atoms with Crippen molar-refractivity contribution < 1.29 is 9.90 Å². The number of aliphatic hydroxyl groups excluding tert-OH is 1. The Kier molecular flexibility index (Phi) is 6.01. The molecule has 0 saturated carbocycles. The van der Waals surface area contributed by atoms with Gasteiger partial charge in [-0.25, -0.2) is 9.97 Å². The minimum absolute atomic E-state index is 0.0718. The fourth-order valence-corrected chi connectivity index (χ4v) is 1.83. The third-order valence-corrected chi connectivity index (χ3v) is 2.89. The molecule has 6 heteroatoms. The molecule has 5 nitrogen and oxygen atoms in total. The quantitative estimate of drug-likeness (QED) is 0.770. The summed E-state index contributed by atoms with van der Waals surface area (Å²) in [4.78, 5) is 19.6. The molecular weight excluding hydrogens is 254 g/mol. The van der Waals surface area contributed by atoms with Gasteiger partial charge < -0.3 is 10.4 Å². The van der Waals surface area contributed by atoms with Crippen molar-refractivity contribution in [1.82, 2.24) is 15.3 Å². The smallest absolute Gasteiger partial charge is 0.270 e. The van der Waals surface area contributed by atoms with E-state index in [2.05, 4.69) is 15.3 Å². The van der Waals surface area contributed by atoms with E-state index in [1.165, 1.54) is 0 Å². The van der Waals surface area contributed by atoms with Crippen molar-refractivity contribution in [3.8, 4) is 0 Å². The molecule has 0 saturated heterocycles. The number of carbonyl (C=O) groups excluding carboxylic acids is 1. The first-order chi connectivity index (χ1) is 8.56. The number of nitrogens with zero attached hydrogens (tertiary/aromatic N) is 2. The molecule has 18 heavy (non-hydrogen) atoms. The molecule has 0 aliphatic heterocycles. The second-order valence-corrected chi connectivity index (χ2v) is 4.50. The van der Waals surface area contributed by atoms with Crippen molar-refractivity contribution in [2.45, 2.75) is 26.7 Å². The largest absolute Gasteiger partial charge is 0.396 e. The fraction of sp³-hybridized carbons (Fsp3) is 0.583. The number of carbonyl (C=O) groups is 1. The highest BCUT2D eigenvalue weighted by molar-refractivity contribution is 6.28. The van der Waals surface area contributed by atoms with Gasteiger partial charge in [-0.1, -0.05) is 13.3 Å². The molecule has 1 amide bonds. The molecule has 0 spiro atoms. The number of aromatic nitrogens is 2. The third-order valence-electron chi connectivity index (χ3n) is 2.73. The molecule has 0 fully saturated rings. The monoisotopic (exact) mass is 271 g/mol. The van der Waals surface area contributed by atoms with E-state index < -0.39 is 0 Å². The summed E-state index contributed by atoms with van der Waals surface area (Å²) in [6.07, 6.45) is 1.59. The van der Waals surface area contributed by atoms with Crippen LogP contribution in [0.25, 0.3) is 0 Å². The fourth-order valence-electron chi connectivity index (χ4n) is 1.61. The van der Waals surface area contributed by atoms with Crippen LogP contribution in [0.3, 0.4) is 0 Å². The molecule has 0 aliphatic carbocycles. The summed E-state index contributed by atoms with van der Waals surface area (Å²) in [5, 5.41) is 11.7. The van der Waals surface area contributed by atoms with Gasteiger partial charge in [0.2, 0.25) is 5.28 Å². The van der Waals surface area contributed by atoms with E-state index >= 15 is 0 Å². The number of nitrogens with one attached hydrogen (secondary N) is 1. The van der Waals surface area contributed by atoms with Gasteiger partial charge in [-0.05, 0) is 36.9 Å². The minimum Gasteiger partial charge on any atom is -0.396 e. The van der Waals surface area contributed by atoms with Gasteiger partial charge in [0.25, 0.3) is 5.91 Å². The lowest BCUT2D eigenvalue weighted by molar-refractivity contribution is 0.0938. The lowest BCUT2D eigenvalue weighted by atomic mass is 10.0.